The van der Waals surface area contributed by atoms with Crippen LogP contribution in [0.1, 0.15) is 24.0 Å². The number of hydrogen-bond donors (Lipinski definition) is 0. The first-order valence-corrected chi connectivity index (χ1v) is 6.47. The number of thiazole rings is 1. The van der Waals surface area contributed by atoms with E-state index in [1.165, 1.54) is 0 Å². The summed E-state index contributed by atoms with van der Waals surface area (Å²) in [5.74, 6) is 0. The number of aromatic nitrogens is 3. The number of hydrogen-bond acceptors (Lipinski definition) is 3. The van der Waals surface area contributed by atoms with Crippen LogP contribution in [0.4, 0.5) is 0 Å². The molecular weight excluding hydrogens is 274 g/mol. The van der Waals surface area contributed by atoms with Gasteiger partial charge < -0.3 is 0 Å². The van der Waals surface area contributed by atoms with Crippen molar-refractivity contribution in [2.75, 3.05) is 0 Å². The van der Waals surface area contributed by atoms with E-state index >= 15 is 0 Å². The molecule has 3 nitrogen and oxygen atoms in total. The van der Waals surface area contributed by atoms with Gasteiger partial charge in [0.25, 0.3) is 0 Å². The van der Waals surface area contributed by atoms with Crippen molar-refractivity contribution in [2.45, 2.75) is 27.2 Å². The van der Waals surface area contributed by atoms with Crippen LogP contribution in [0, 0.1) is 13.8 Å². The first-order chi connectivity index (χ1) is 7.13. The van der Waals surface area contributed by atoms with E-state index in [0.29, 0.717) is 0 Å². The van der Waals surface area contributed by atoms with E-state index in [1.807, 2.05) is 18.5 Å². The second-order valence-corrected chi connectivity index (χ2v) is 5.00. The molecule has 0 saturated heterocycles. The summed E-state index contributed by atoms with van der Waals surface area (Å²) in [6.45, 7) is 6.13. The Labute approximate surface area is 101 Å². The normalized spacial score (nSPS) is 10.9. The van der Waals surface area contributed by atoms with Gasteiger partial charge in [-0.2, -0.15) is 5.10 Å². The third-order valence-corrected chi connectivity index (χ3v) is 4.30. The number of rotatable bonds is 2. The molecule has 2 heterocycles. The van der Waals surface area contributed by atoms with Crippen molar-refractivity contribution in [3.63, 3.8) is 0 Å². The van der Waals surface area contributed by atoms with Crippen LogP contribution < -0.4 is 0 Å². The molecule has 5 heteroatoms. The zero-order chi connectivity index (χ0) is 11.0. The van der Waals surface area contributed by atoms with E-state index in [4.69, 9.17) is 0 Å². The van der Waals surface area contributed by atoms with E-state index in [1.54, 1.807) is 11.3 Å². The molecule has 0 spiro atoms. The summed E-state index contributed by atoms with van der Waals surface area (Å²) in [6.07, 6.45) is 0.969. The highest BCUT2D eigenvalue weighted by Crippen LogP contribution is 2.24. The molecule has 2 rings (SSSR count). The average Bonchev–Trinajstić information content (AvgIpc) is 2.79. The molecule has 0 radical (unpaired) electrons. The van der Waals surface area contributed by atoms with Gasteiger partial charge in [0.1, 0.15) is 0 Å². The minimum absolute atomic E-state index is 0.943. The van der Waals surface area contributed by atoms with E-state index in [2.05, 4.69) is 38.3 Å². The fourth-order valence-electron chi connectivity index (χ4n) is 1.37. The molecular formula is C10H12BrN3S. The van der Waals surface area contributed by atoms with E-state index in [-0.39, 0.29) is 0 Å². The van der Waals surface area contributed by atoms with Crippen molar-refractivity contribution in [2.24, 2.45) is 0 Å². The molecule has 2 aromatic heterocycles. The Hall–Kier alpha value is -0.680. The molecule has 0 fully saturated rings. The molecule has 0 aliphatic heterocycles. The highest BCUT2D eigenvalue weighted by atomic mass is 79.9. The third kappa shape index (κ3) is 1.86. The lowest BCUT2D eigenvalue weighted by molar-refractivity contribution is 0.818. The summed E-state index contributed by atoms with van der Waals surface area (Å²) in [7, 11) is 0. The summed E-state index contributed by atoms with van der Waals surface area (Å²) >= 11 is 5.15. The Morgan fingerprint density at radius 3 is 2.67 bits per heavy atom. The minimum Gasteiger partial charge on any atom is -0.223 e. The number of aryl methyl sites for hydroxylation is 2. The maximum Gasteiger partial charge on any atom is 0.210 e. The van der Waals surface area contributed by atoms with Gasteiger partial charge in [0.15, 0.2) is 0 Å². The van der Waals surface area contributed by atoms with Gasteiger partial charge in [-0.15, -0.1) is 11.3 Å². The monoisotopic (exact) mass is 285 g/mol. The summed E-state index contributed by atoms with van der Waals surface area (Å²) < 4.78 is 2.96. The van der Waals surface area contributed by atoms with Crippen molar-refractivity contribution in [1.82, 2.24) is 14.8 Å². The van der Waals surface area contributed by atoms with Gasteiger partial charge in [-0.3, -0.25) is 0 Å². The number of nitrogens with zero attached hydrogens (tertiary/aromatic N) is 3. The minimum atomic E-state index is 0.943. The molecule has 15 heavy (non-hydrogen) atoms. The third-order valence-electron chi connectivity index (χ3n) is 2.29. The van der Waals surface area contributed by atoms with Gasteiger partial charge in [-0.1, -0.05) is 6.92 Å². The molecule has 0 aliphatic rings. The highest BCUT2D eigenvalue weighted by molar-refractivity contribution is 9.10. The second kappa shape index (κ2) is 4.06. The summed E-state index contributed by atoms with van der Waals surface area (Å²) in [4.78, 5) is 4.51. The van der Waals surface area contributed by atoms with Crippen LogP contribution in [0.5, 0.6) is 0 Å². The highest BCUT2D eigenvalue weighted by Gasteiger charge is 2.12. The Bertz CT molecular complexity index is 487. The van der Waals surface area contributed by atoms with Crippen molar-refractivity contribution in [3.05, 3.63) is 26.9 Å². The first kappa shape index (κ1) is 10.8. The molecule has 0 bridgehead atoms. The molecule has 0 saturated carbocycles. The fourth-order valence-corrected chi connectivity index (χ4v) is 2.52. The van der Waals surface area contributed by atoms with Gasteiger partial charge in [0.2, 0.25) is 5.13 Å². The standard InChI is InChI=1S/C10H12BrN3S/c1-4-8-5-15-10(12-8)14-7(3)9(11)6(2)13-14/h5H,4H2,1-3H3. The predicted octanol–water partition coefficient (Wildman–Crippen LogP) is 3.27. The average molecular weight is 286 g/mol. The topological polar surface area (TPSA) is 30.7 Å². The molecule has 0 unspecified atom stereocenters. The van der Waals surface area contributed by atoms with Crippen molar-refractivity contribution < 1.29 is 0 Å². The van der Waals surface area contributed by atoms with Gasteiger partial charge >= 0.3 is 0 Å². The Balaban J connectivity index is 2.49. The predicted molar refractivity (Wildman–Crippen MR) is 65.8 cm³/mol. The molecule has 2 aromatic rings. The molecule has 0 atom stereocenters. The van der Waals surface area contributed by atoms with E-state index in [9.17, 15) is 0 Å². The van der Waals surface area contributed by atoms with Gasteiger partial charge in [-0.25, -0.2) is 9.67 Å². The lowest BCUT2D eigenvalue weighted by Crippen LogP contribution is -1.98. The Kier molecular flexibility index (Phi) is 2.93. The molecule has 0 aliphatic carbocycles. The van der Waals surface area contributed by atoms with Crippen LogP contribution in [-0.4, -0.2) is 14.8 Å². The molecule has 0 N–H and O–H groups in total. The first-order valence-electron chi connectivity index (χ1n) is 4.80. The van der Waals surface area contributed by atoms with E-state index in [0.717, 1.165) is 33.1 Å². The lowest BCUT2D eigenvalue weighted by Gasteiger charge is -1.97. The largest absolute Gasteiger partial charge is 0.223 e. The van der Waals surface area contributed by atoms with Crippen molar-refractivity contribution in [1.29, 1.82) is 0 Å². The van der Waals surface area contributed by atoms with Crippen molar-refractivity contribution >= 4 is 27.3 Å². The Morgan fingerprint density at radius 2 is 2.20 bits per heavy atom. The SMILES string of the molecule is CCc1csc(-n2nc(C)c(Br)c2C)n1. The zero-order valence-electron chi connectivity index (χ0n) is 8.91. The molecule has 80 valence electrons. The van der Waals surface area contributed by atoms with Crippen LogP contribution >= 0.6 is 27.3 Å². The fraction of sp³-hybridized carbons (Fsp3) is 0.400. The van der Waals surface area contributed by atoms with Crippen LogP contribution in [0.15, 0.2) is 9.85 Å². The maximum absolute atomic E-state index is 4.51. The molecule has 0 amide bonds. The van der Waals surface area contributed by atoms with Gasteiger partial charge in [-0.05, 0) is 36.2 Å². The van der Waals surface area contributed by atoms with Crippen LogP contribution in [-0.2, 0) is 6.42 Å². The van der Waals surface area contributed by atoms with Crippen LogP contribution in [0.25, 0.3) is 5.13 Å². The smallest absolute Gasteiger partial charge is 0.210 e. The van der Waals surface area contributed by atoms with Crippen LogP contribution in [0.2, 0.25) is 0 Å². The Morgan fingerprint density at radius 1 is 1.47 bits per heavy atom. The quantitative estimate of drug-likeness (QED) is 0.848. The lowest BCUT2D eigenvalue weighted by atomic mass is 10.4. The van der Waals surface area contributed by atoms with Gasteiger partial charge in [0, 0.05) is 5.38 Å². The number of halogens is 1. The summed E-state index contributed by atoms with van der Waals surface area (Å²) in [5.41, 5.74) is 3.23. The van der Waals surface area contributed by atoms with E-state index < -0.39 is 0 Å². The molecule has 0 aromatic carbocycles. The summed E-state index contributed by atoms with van der Waals surface area (Å²) in [5, 5.41) is 7.47. The zero-order valence-corrected chi connectivity index (χ0v) is 11.3. The maximum atomic E-state index is 4.51. The van der Waals surface area contributed by atoms with Crippen LogP contribution in [0.3, 0.4) is 0 Å². The second-order valence-electron chi connectivity index (χ2n) is 3.37. The summed E-state index contributed by atoms with van der Waals surface area (Å²) in [6, 6.07) is 0. The van der Waals surface area contributed by atoms with Gasteiger partial charge in [0.05, 0.1) is 21.6 Å². The van der Waals surface area contributed by atoms with Crippen molar-refractivity contribution in [3.8, 4) is 5.13 Å².